The van der Waals surface area contributed by atoms with Gasteiger partial charge in [0.25, 0.3) is 17.7 Å². The molecule has 7 heteroatoms. The number of hydrogen-bond acceptors (Lipinski definition) is 5. The van der Waals surface area contributed by atoms with Gasteiger partial charge in [-0.3, -0.25) is 4.79 Å². The summed E-state index contributed by atoms with van der Waals surface area (Å²) in [6.45, 7) is 8.47. The summed E-state index contributed by atoms with van der Waals surface area (Å²) in [4.78, 5) is 13.3. The van der Waals surface area contributed by atoms with Gasteiger partial charge in [-0.25, -0.2) is 0 Å². The molecule has 0 fully saturated rings. The van der Waals surface area contributed by atoms with E-state index in [1.807, 2.05) is 59.0 Å². The Labute approximate surface area is 158 Å². The lowest BCUT2D eigenvalue weighted by molar-refractivity contribution is -0.886. The summed E-state index contributed by atoms with van der Waals surface area (Å²) in [5.41, 5.74) is 3.78. The summed E-state index contributed by atoms with van der Waals surface area (Å²) in [5.74, 6) is 2.42. The van der Waals surface area contributed by atoms with Crippen LogP contribution in [0.25, 0.3) is 11.5 Å². The molecule has 1 unspecified atom stereocenters. The van der Waals surface area contributed by atoms with E-state index < -0.39 is 0 Å². The predicted molar refractivity (Wildman–Crippen MR) is 101 cm³/mol. The van der Waals surface area contributed by atoms with Crippen LogP contribution in [0.15, 0.2) is 33.1 Å². The molecule has 1 atom stereocenters. The molecule has 0 aliphatic carbocycles. The van der Waals surface area contributed by atoms with Gasteiger partial charge in [-0.05, 0) is 44.9 Å². The van der Waals surface area contributed by atoms with E-state index in [0.717, 1.165) is 38.8 Å². The number of aromatic nitrogens is 2. The van der Waals surface area contributed by atoms with E-state index in [1.54, 1.807) is 0 Å². The van der Waals surface area contributed by atoms with Gasteiger partial charge in [0.1, 0.15) is 11.5 Å². The molecular formula is C20H25N4O3+. The van der Waals surface area contributed by atoms with Crippen LogP contribution in [0.1, 0.15) is 28.5 Å². The zero-order valence-electron chi connectivity index (χ0n) is 16.3. The van der Waals surface area contributed by atoms with Crippen LogP contribution in [0, 0.1) is 27.7 Å². The molecule has 2 N–H and O–H groups in total. The molecule has 2 aromatic heterocycles. The Morgan fingerprint density at radius 3 is 2.44 bits per heavy atom. The van der Waals surface area contributed by atoms with E-state index in [2.05, 4.69) is 15.5 Å². The van der Waals surface area contributed by atoms with Gasteiger partial charge in [0.2, 0.25) is 0 Å². The van der Waals surface area contributed by atoms with Gasteiger partial charge in [-0.15, -0.1) is 10.2 Å². The second-order valence-electron chi connectivity index (χ2n) is 6.95. The molecule has 3 rings (SSSR count). The fourth-order valence-electron chi connectivity index (χ4n) is 3.07. The van der Waals surface area contributed by atoms with E-state index in [-0.39, 0.29) is 5.91 Å². The molecule has 0 saturated heterocycles. The third kappa shape index (κ3) is 4.43. The Balaban J connectivity index is 1.60. The highest BCUT2D eigenvalue weighted by Crippen LogP contribution is 2.25. The zero-order chi connectivity index (χ0) is 19.6. The molecule has 0 radical (unpaired) electrons. The van der Waals surface area contributed by atoms with E-state index >= 15 is 0 Å². The fraction of sp³-hybridized carbons (Fsp3) is 0.350. The first-order valence-electron chi connectivity index (χ1n) is 8.90. The standard InChI is InChI=1S/C20H24N4O3/c1-12-7-6-8-13(2)19(12)21-17(25)10-24(5)11-18-22-23-20(27-18)16-9-14(3)26-15(16)4/h6-9H,10-11H2,1-5H3,(H,21,25)/p+1. The summed E-state index contributed by atoms with van der Waals surface area (Å²) in [5, 5.41) is 11.2. The molecule has 142 valence electrons. The minimum absolute atomic E-state index is 0.0501. The lowest BCUT2D eigenvalue weighted by Gasteiger charge is -2.14. The number of rotatable bonds is 6. The quantitative estimate of drug-likeness (QED) is 0.696. The second kappa shape index (κ2) is 7.75. The van der Waals surface area contributed by atoms with Crippen LogP contribution in [0.2, 0.25) is 0 Å². The number of furan rings is 1. The molecular weight excluding hydrogens is 344 g/mol. The number of likely N-dealkylation sites (N-methyl/N-ethyl adjacent to an activating group) is 1. The lowest BCUT2D eigenvalue weighted by Crippen LogP contribution is -3.08. The Morgan fingerprint density at radius 1 is 1.11 bits per heavy atom. The summed E-state index contributed by atoms with van der Waals surface area (Å²) in [6.07, 6.45) is 0. The van der Waals surface area contributed by atoms with Gasteiger partial charge in [-0.1, -0.05) is 18.2 Å². The van der Waals surface area contributed by atoms with Crippen LogP contribution in [0.3, 0.4) is 0 Å². The molecule has 0 bridgehead atoms. The van der Waals surface area contributed by atoms with Crippen molar-refractivity contribution >= 4 is 11.6 Å². The number of aryl methyl sites for hydroxylation is 4. The molecule has 1 aromatic carbocycles. The zero-order valence-corrected chi connectivity index (χ0v) is 16.3. The summed E-state index contributed by atoms with van der Waals surface area (Å²) in [7, 11) is 1.92. The van der Waals surface area contributed by atoms with Gasteiger partial charge >= 0.3 is 0 Å². The summed E-state index contributed by atoms with van der Waals surface area (Å²) < 4.78 is 11.2. The Morgan fingerprint density at radius 2 is 1.81 bits per heavy atom. The van der Waals surface area contributed by atoms with Crippen LogP contribution >= 0.6 is 0 Å². The molecule has 7 nitrogen and oxygen atoms in total. The maximum absolute atomic E-state index is 12.4. The normalized spacial score (nSPS) is 12.2. The topological polar surface area (TPSA) is 85.6 Å². The largest absolute Gasteiger partial charge is 0.466 e. The first kappa shape index (κ1) is 18.8. The van der Waals surface area contributed by atoms with Crippen molar-refractivity contribution in [3.8, 4) is 11.5 Å². The number of nitrogens with zero attached hydrogens (tertiary/aromatic N) is 2. The number of carbonyl (C=O) groups is 1. The number of para-hydroxylation sites is 1. The van der Waals surface area contributed by atoms with Crippen molar-refractivity contribution in [1.82, 2.24) is 10.2 Å². The average Bonchev–Trinajstić information content (AvgIpc) is 3.16. The molecule has 0 aliphatic rings. The maximum atomic E-state index is 12.4. The van der Waals surface area contributed by atoms with E-state index in [4.69, 9.17) is 8.83 Å². The smallest absolute Gasteiger partial charge is 0.279 e. The number of anilines is 1. The number of hydrogen-bond donors (Lipinski definition) is 2. The maximum Gasteiger partial charge on any atom is 0.279 e. The van der Waals surface area contributed by atoms with Crippen LogP contribution in [0.4, 0.5) is 5.69 Å². The number of carbonyl (C=O) groups excluding carboxylic acids is 1. The van der Waals surface area contributed by atoms with Crippen molar-refractivity contribution in [1.29, 1.82) is 0 Å². The SMILES string of the molecule is Cc1cc(-c2nnc(C[NH+](C)CC(=O)Nc3c(C)cccc3C)o2)c(C)o1. The van der Waals surface area contributed by atoms with Crippen LogP contribution < -0.4 is 10.2 Å². The third-order valence-corrected chi connectivity index (χ3v) is 4.40. The lowest BCUT2D eigenvalue weighted by atomic mass is 10.1. The van der Waals surface area contributed by atoms with Gasteiger partial charge < -0.3 is 19.1 Å². The molecule has 1 amide bonds. The van der Waals surface area contributed by atoms with Gasteiger partial charge in [0.15, 0.2) is 13.1 Å². The van der Waals surface area contributed by atoms with Crippen molar-refractivity contribution in [2.45, 2.75) is 34.2 Å². The fourth-order valence-corrected chi connectivity index (χ4v) is 3.07. The minimum Gasteiger partial charge on any atom is -0.466 e. The van der Waals surface area contributed by atoms with Gasteiger partial charge in [0.05, 0.1) is 12.6 Å². The Kier molecular flexibility index (Phi) is 5.41. The highest BCUT2D eigenvalue weighted by Gasteiger charge is 2.18. The number of quaternary nitrogens is 1. The van der Waals surface area contributed by atoms with Crippen molar-refractivity contribution in [2.24, 2.45) is 0 Å². The van der Waals surface area contributed by atoms with E-state index in [0.29, 0.717) is 24.9 Å². The van der Waals surface area contributed by atoms with E-state index in [1.165, 1.54) is 0 Å². The van der Waals surface area contributed by atoms with Crippen LogP contribution in [-0.4, -0.2) is 29.7 Å². The summed E-state index contributed by atoms with van der Waals surface area (Å²) >= 11 is 0. The summed E-state index contributed by atoms with van der Waals surface area (Å²) in [6, 6.07) is 7.83. The number of amides is 1. The first-order valence-corrected chi connectivity index (χ1v) is 8.90. The minimum atomic E-state index is -0.0501. The first-order chi connectivity index (χ1) is 12.8. The molecule has 3 aromatic rings. The average molecular weight is 369 g/mol. The monoisotopic (exact) mass is 369 g/mol. The van der Waals surface area contributed by atoms with Gasteiger partial charge in [0, 0.05) is 5.69 Å². The molecule has 27 heavy (non-hydrogen) atoms. The van der Waals surface area contributed by atoms with Crippen LogP contribution in [0.5, 0.6) is 0 Å². The van der Waals surface area contributed by atoms with Crippen molar-refractivity contribution in [3.05, 3.63) is 52.8 Å². The highest BCUT2D eigenvalue weighted by molar-refractivity contribution is 5.93. The molecule has 0 saturated carbocycles. The highest BCUT2D eigenvalue weighted by atomic mass is 16.4. The predicted octanol–water partition coefficient (Wildman–Crippen LogP) is 2.22. The number of benzene rings is 1. The van der Waals surface area contributed by atoms with Gasteiger partial charge in [-0.2, -0.15) is 0 Å². The van der Waals surface area contributed by atoms with E-state index in [9.17, 15) is 4.79 Å². The Hall–Kier alpha value is -2.93. The Bertz CT molecular complexity index is 938. The molecule has 0 aliphatic heterocycles. The van der Waals surface area contributed by atoms with Crippen molar-refractivity contribution in [3.63, 3.8) is 0 Å². The molecule has 2 heterocycles. The third-order valence-electron chi connectivity index (χ3n) is 4.40. The van der Waals surface area contributed by atoms with Crippen molar-refractivity contribution < 1.29 is 18.5 Å². The molecule has 0 spiro atoms. The number of nitrogens with one attached hydrogen (secondary N) is 2. The second-order valence-corrected chi connectivity index (χ2v) is 6.95. The van der Waals surface area contributed by atoms with Crippen molar-refractivity contribution in [2.75, 3.05) is 18.9 Å². The van der Waals surface area contributed by atoms with Crippen LogP contribution in [-0.2, 0) is 11.3 Å².